The Morgan fingerprint density at radius 2 is 1.91 bits per heavy atom. The highest BCUT2D eigenvalue weighted by atomic mass is 16.5. The number of rotatable bonds is 5. The van der Waals surface area contributed by atoms with Gasteiger partial charge in [0.05, 0.1) is 19.9 Å². The Labute approximate surface area is 134 Å². The van der Waals surface area contributed by atoms with E-state index >= 15 is 0 Å². The molecule has 0 spiro atoms. The minimum absolute atomic E-state index is 0.638. The maximum atomic E-state index is 5.85. The van der Waals surface area contributed by atoms with Crippen molar-refractivity contribution >= 4 is 5.69 Å². The van der Waals surface area contributed by atoms with Crippen molar-refractivity contribution in [2.24, 2.45) is 0 Å². The van der Waals surface area contributed by atoms with Crippen molar-refractivity contribution in [3.63, 3.8) is 0 Å². The van der Waals surface area contributed by atoms with Crippen LogP contribution in [0.4, 0.5) is 5.69 Å². The van der Waals surface area contributed by atoms with Crippen LogP contribution < -0.4 is 15.2 Å². The van der Waals surface area contributed by atoms with E-state index in [0.29, 0.717) is 18.0 Å². The Hall–Kier alpha value is -3.02. The molecule has 0 radical (unpaired) electrons. The molecule has 2 N–H and O–H groups in total. The first-order valence-corrected chi connectivity index (χ1v) is 7.30. The van der Waals surface area contributed by atoms with Crippen molar-refractivity contribution in [2.75, 3.05) is 19.5 Å². The molecular weight excluding hydrogens is 292 g/mol. The van der Waals surface area contributed by atoms with Crippen molar-refractivity contribution in [3.05, 3.63) is 48.7 Å². The summed E-state index contributed by atoms with van der Waals surface area (Å²) < 4.78 is 12.4. The number of nitrogens with two attached hydrogens (primary N) is 1. The van der Waals surface area contributed by atoms with Crippen molar-refractivity contribution in [3.8, 4) is 28.4 Å². The fraction of sp³-hybridized carbons (Fsp3) is 0.176. The summed E-state index contributed by atoms with van der Waals surface area (Å²) in [6.07, 6.45) is 1.84. The zero-order valence-electron chi connectivity index (χ0n) is 13.1. The number of ether oxygens (including phenoxy) is 2. The lowest BCUT2D eigenvalue weighted by Gasteiger charge is -2.08. The van der Waals surface area contributed by atoms with E-state index in [0.717, 1.165) is 22.7 Å². The summed E-state index contributed by atoms with van der Waals surface area (Å²) in [5.41, 5.74) is 8.96. The van der Waals surface area contributed by atoms with Crippen LogP contribution in [0.2, 0.25) is 0 Å². The average molecular weight is 310 g/mol. The van der Waals surface area contributed by atoms with E-state index in [1.807, 2.05) is 43.5 Å². The van der Waals surface area contributed by atoms with E-state index in [1.54, 1.807) is 23.9 Å². The van der Waals surface area contributed by atoms with Gasteiger partial charge in [-0.25, -0.2) is 4.68 Å². The molecule has 0 saturated heterocycles. The first-order chi connectivity index (χ1) is 11.2. The fourth-order valence-electron chi connectivity index (χ4n) is 2.29. The second kappa shape index (κ2) is 6.39. The van der Waals surface area contributed by atoms with Gasteiger partial charge in [0, 0.05) is 11.3 Å². The highest BCUT2D eigenvalue weighted by Crippen LogP contribution is 2.26. The number of benzene rings is 2. The third-order valence-corrected chi connectivity index (χ3v) is 3.40. The molecule has 2 aromatic carbocycles. The predicted molar refractivity (Wildman–Crippen MR) is 88.9 cm³/mol. The topological polar surface area (TPSA) is 75.2 Å². The van der Waals surface area contributed by atoms with Crippen LogP contribution in [-0.4, -0.2) is 28.7 Å². The van der Waals surface area contributed by atoms with Crippen LogP contribution in [0.25, 0.3) is 16.9 Å². The van der Waals surface area contributed by atoms with Crippen LogP contribution in [-0.2, 0) is 0 Å². The molecule has 6 heteroatoms. The molecule has 0 aliphatic heterocycles. The molecule has 6 nitrogen and oxygen atoms in total. The number of methoxy groups -OCH3 is 1. The summed E-state index contributed by atoms with van der Waals surface area (Å²) in [5, 5.41) is 8.39. The number of aromatic nitrogens is 3. The highest BCUT2D eigenvalue weighted by molar-refractivity contribution is 5.61. The van der Waals surface area contributed by atoms with Crippen LogP contribution in [0.1, 0.15) is 6.92 Å². The SMILES string of the molecule is CCOc1ccc(-c2cn(-c3cc(N)ccc3OC)nn2)cc1. The molecule has 1 aromatic heterocycles. The lowest BCUT2D eigenvalue weighted by Crippen LogP contribution is -2.00. The van der Waals surface area contributed by atoms with E-state index in [4.69, 9.17) is 15.2 Å². The first-order valence-electron chi connectivity index (χ1n) is 7.30. The van der Waals surface area contributed by atoms with Gasteiger partial charge in [-0.05, 0) is 49.4 Å². The van der Waals surface area contributed by atoms with E-state index < -0.39 is 0 Å². The van der Waals surface area contributed by atoms with Gasteiger partial charge in [0.2, 0.25) is 0 Å². The molecule has 118 valence electrons. The monoisotopic (exact) mass is 310 g/mol. The Kier molecular flexibility index (Phi) is 4.14. The molecule has 1 heterocycles. The Morgan fingerprint density at radius 3 is 2.61 bits per heavy atom. The molecule has 0 bridgehead atoms. The van der Waals surface area contributed by atoms with Gasteiger partial charge in [-0.1, -0.05) is 5.21 Å². The normalized spacial score (nSPS) is 10.5. The van der Waals surface area contributed by atoms with Gasteiger partial charge in [0.1, 0.15) is 22.9 Å². The summed E-state index contributed by atoms with van der Waals surface area (Å²) >= 11 is 0. The van der Waals surface area contributed by atoms with Gasteiger partial charge in [0.15, 0.2) is 0 Å². The standard InChI is InChI=1S/C17H18N4O2/c1-3-23-14-7-4-12(5-8-14)15-11-21(20-19-15)16-10-13(18)6-9-17(16)22-2/h4-11H,3,18H2,1-2H3. The van der Waals surface area contributed by atoms with Crippen LogP contribution in [0, 0.1) is 0 Å². The molecule has 3 rings (SSSR count). The van der Waals surface area contributed by atoms with Crippen LogP contribution >= 0.6 is 0 Å². The van der Waals surface area contributed by atoms with Crippen molar-refractivity contribution in [1.29, 1.82) is 0 Å². The summed E-state index contributed by atoms with van der Waals surface area (Å²) in [6, 6.07) is 13.1. The van der Waals surface area contributed by atoms with Gasteiger partial charge in [0.25, 0.3) is 0 Å². The second-order valence-electron chi connectivity index (χ2n) is 4.94. The van der Waals surface area contributed by atoms with E-state index in [1.165, 1.54) is 0 Å². The minimum atomic E-state index is 0.638. The van der Waals surface area contributed by atoms with E-state index in [9.17, 15) is 0 Å². The number of hydrogen-bond acceptors (Lipinski definition) is 5. The molecule has 0 unspecified atom stereocenters. The third kappa shape index (κ3) is 3.11. The van der Waals surface area contributed by atoms with Crippen molar-refractivity contribution in [2.45, 2.75) is 6.92 Å². The molecule has 0 aliphatic carbocycles. The maximum absolute atomic E-state index is 5.85. The number of nitrogens with zero attached hydrogens (tertiary/aromatic N) is 3. The molecule has 0 saturated carbocycles. The largest absolute Gasteiger partial charge is 0.494 e. The van der Waals surface area contributed by atoms with Crippen molar-refractivity contribution in [1.82, 2.24) is 15.0 Å². The molecular formula is C17H18N4O2. The molecule has 0 atom stereocenters. The minimum Gasteiger partial charge on any atom is -0.494 e. The molecule has 3 aromatic rings. The Morgan fingerprint density at radius 1 is 1.13 bits per heavy atom. The number of nitrogen functional groups attached to an aromatic ring is 1. The quantitative estimate of drug-likeness (QED) is 0.733. The van der Waals surface area contributed by atoms with Gasteiger partial charge < -0.3 is 15.2 Å². The second-order valence-corrected chi connectivity index (χ2v) is 4.94. The fourth-order valence-corrected chi connectivity index (χ4v) is 2.29. The first kappa shape index (κ1) is 14.9. The zero-order chi connectivity index (χ0) is 16.2. The van der Waals surface area contributed by atoms with Crippen molar-refractivity contribution < 1.29 is 9.47 Å². The van der Waals surface area contributed by atoms with Gasteiger partial charge in [-0.15, -0.1) is 5.10 Å². The number of anilines is 1. The van der Waals surface area contributed by atoms with Gasteiger partial charge in [-0.3, -0.25) is 0 Å². The van der Waals surface area contributed by atoms with E-state index in [2.05, 4.69) is 10.3 Å². The summed E-state index contributed by atoms with van der Waals surface area (Å²) in [4.78, 5) is 0. The average Bonchev–Trinajstić information content (AvgIpc) is 3.06. The molecule has 0 aliphatic rings. The maximum Gasteiger partial charge on any atom is 0.144 e. The zero-order valence-corrected chi connectivity index (χ0v) is 13.1. The third-order valence-electron chi connectivity index (χ3n) is 3.40. The highest BCUT2D eigenvalue weighted by Gasteiger charge is 2.10. The van der Waals surface area contributed by atoms with Gasteiger partial charge >= 0.3 is 0 Å². The van der Waals surface area contributed by atoms with Crippen LogP contribution in [0.5, 0.6) is 11.5 Å². The Bertz CT molecular complexity index is 797. The number of hydrogen-bond donors (Lipinski definition) is 1. The smallest absolute Gasteiger partial charge is 0.144 e. The summed E-state index contributed by atoms with van der Waals surface area (Å²) in [6.45, 7) is 2.60. The predicted octanol–water partition coefficient (Wildman–Crippen LogP) is 2.92. The lowest BCUT2D eigenvalue weighted by molar-refractivity contribution is 0.340. The Balaban J connectivity index is 1.93. The summed E-state index contributed by atoms with van der Waals surface area (Å²) in [7, 11) is 1.61. The lowest BCUT2D eigenvalue weighted by atomic mass is 10.1. The molecule has 0 fully saturated rings. The van der Waals surface area contributed by atoms with E-state index in [-0.39, 0.29) is 0 Å². The molecule has 23 heavy (non-hydrogen) atoms. The van der Waals surface area contributed by atoms with Gasteiger partial charge in [-0.2, -0.15) is 0 Å². The van der Waals surface area contributed by atoms with Crippen LogP contribution in [0.15, 0.2) is 48.7 Å². The van der Waals surface area contributed by atoms with Crippen LogP contribution in [0.3, 0.4) is 0 Å². The summed E-state index contributed by atoms with van der Waals surface area (Å²) in [5.74, 6) is 1.52. The molecule has 0 amide bonds.